The van der Waals surface area contributed by atoms with Crippen molar-refractivity contribution in [1.82, 2.24) is 4.57 Å². The Hall–Kier alpha value is -3.58. The molecule has 0 fully saturated rings. The molecule has 1 nitrogen and oxygen atoms in total. The van der Waals surface area contributed by atoms with Gasteiger partial charge in [0.15, 0.2) is 0 Å². The number of hydrogen-bond donors (Lipinski definition) is 0. The highest BCUT2D eigenvalue weighted by Gasteiger charge is 2.17. The summed E-state index contributed by atoms with van der Waals surface area (Å²) in [7, 11) is 0. The number of fused-ring (bicyclic) bond motifs is 3. The van der Waals surface area contributed by atoms with Crippen LogP contribution in [0, 0.1) is 6.92 Å². The predicted molar refractivity (Wildman–Crippen MR) is 124 cm³/mol. The van der Waals surface area contributed by atoms with E-state index >= 15 is 0 Å². The lowest BCUT2D eigenvalue weighted by Gasteiger charge is -2.10. The van der Waals surface area contributed by atoms with Gasteiger partial charge in [-0.3, -0.25) is 0 Å². The summed E-state index contributed by atoms with van der Waals surface area (Å²) in [6.45, 7) is 2.19. The lowest BCUT2D eigenvalue weighted by molar-refractivity contribution is 1.12. The zero-order chi connectivity index (χ0) is 19.4. The number of benzene rings is 4. The van der Waals surface area contributed by atoms with Gasteiger partial charge in [0, 0.05) is 11.9 Å². The third-order valence-corrected chi connectivity index (χ3v) is 6.20. The Bertz CT molecular complexity index is 1430. The molecule has 0 saturated heterocycles. The maximum Gasteiger partial charge on any atom is 0.0528 e. The van der Waals surface area contributed by atoms with Crippen LogP contribution in [-0.2, 0) is 6.42 Å². The van der Waals surface area contributed by atoms with Gasteiger partial charge in [-0.2, -0.15) is 0 Å². The lowest BCUT2D eigenvalue weighted by atomic mass is 9.94. The quantitative estimate of drug-likeness (QED) is 0.309. The van der Waals surface area contributed by atoms with Crippen molar-refractivity contribution in [2.24, 2.45) is 0 Å². The maximum absolute atomic E-state index is 2.37. The maximum atomic E-state index is 2.37. The Kier molecular flexibility index (Phi) is 3.51. The number of rotatable bonds is 2. The van der Waals surface area contributed by atoms with E-state index in [0.29, 0.717) is 0 Å². The fraction of sp³-hybridized carbons (Fsp3) is 0.0714. The Morgan fingerprint density at radius 3 is 2.52 bits per heavy atom. The van der Waals surface area contributed by atoms with Gasteiger partial charge in [-0.15, -0.1) is 0 Å². The molecule has 0 saturated carbocycles. The Balaban J connectivity index is 1.42. The van der Waals surface area contributed by atoms with Crippen molar-refractivity contribution in [3.05, 3.63) is 113 Å². The van der Waals surface area contributed by atoms with Gasteiger partial charge in [0.2, 0.25) is 0 Å². The summed E-state index contributed by atoms with van der Waals surface area (Å²) in [4.78, 5) is 0. The molecule has 6 rings (SSSR count). The van der Waals surface area contributed by atoms with Gasteiger partial charge in [-0.05, 0) is 81.6 Å². The number of allylic oxidation sites excluding steroid dienone is 1. The second-order valence-electron chi connectivity index (χ2n) is 7.95. The highest BCUT2D eigenvalue weighted by Crippen LogP contribution is 2.37. The molecule has 0 atom stereocenters. The summed E-state index contributed by atoms with van der Waals surface area (Å²) < 4.78 is 2.29. The minimum Gasteiger partial charge on any atom is -0.317 e. The van der Waals surface area contributed by atoms with Crippen molar-refractivity contribution >= 4 is 33.3 Å². The van der Waals surface area contributed by atoms with Crippen molar-refractivity contribution in [3.63, 3.8) is 0 Å². The van der Waals surface area contributed by atoms with E-state index in [2.05, 4.69) is 109 Å². The van der Waals surface area contributed by atoms with Crippen LogP contribution < -0.4 is 0 Å². The van der Waals surface area contributed by atoms with Crippen molar-refractivity contribution in [1.29, 1.82) is 0 Å². The highest BCUT2D eigenvalue weighted by molar-refractivity contribution is 6.01. The van der Waals surface area contributed by atoms with Crippen LogP contribution >= 0.6 is 0 Å². The molecule has 0 unspecified atom stereocenters. The van der Waals surface area contributed by atoms with Crippen LogP contribution in [0.3, 0.4) is 0 Å². The normalized spacial score (nSPS) is 13.1. The van der Waals surface area contributed by atoms with E-state index in [0.717, 1.165) is 6.42 Å². The molecule has 1 heteroatoms. The SMILES string of the molecule is Cc1ccc(C2=Cc3ccc(-n4ccc5ccccc54)cc3C2)c2ccccc12. The average molecular weight is 371 g/mol. The number of aromatic nitrogens is 1. The van der Waals surface area contributed by atoms with E-state index in [1.807, 2.05) is 0 Å². The third-order valence-electron chi connectivity index (χ3n) is 6.20. The van der Waals surface area contributed by atoms with E-state index in [-0.39, 0.29) is 0 Å². The molecule has 1 aliphatic rings. The molecule has 0 amide bonds. The largest absolute Gasteiger partial charge is 0.317 e. The second-order valence-corrected chi connectivity index (χ2v) is 7.95. The Labute approximate surface area is 170 Å². The van der Waals surface area contributed by atoms with Crippen LogP contribution in [0.1, 0.15) is 22.3 Å². The summed E-state index contributed by atoms with van der Waals surface area (Å²) in [5, 5.41) is 3.97. The highest BCUT2D eigenvalue weighted by atomic mass is 15.0. The first-order valence-electron chi connectivity index (χ1n) is 10.2. The fourth-order valence-electron chi connectivity index (χ4n) is 4.69. The first-order chi connectivity index (χ1) is 14.3. The second kappa shape index (κ2) is 6.22. The summed E-state index contributed by atoms with van der Waals surface area (Å²) >= 11 is 0. The molecule has 5 aromatic rings. The Morgan fingerprint density at radius 2 is 1.59 bits per heavy atom. The summed E-state index contributed by atoms with van der Waals surface area (Å²) in [5.41, 5.74) is 9.32. The molecular weight excluding hydrogens is 350 g/mol. The average Bonchev–Trinajstić information content (AvgIpc) is 3.38. The number of para-hydroxylation sites is 1. The number of nitrogens with zero attached hydrogens (tertiary/aromatic N) is 1. The van der Waals surface area contributed by atoms with Gasteiger partial charge in [0.1, 0.15) is 0 Å². The molecule has 0 bridgehead atoms. The summed E-state index contributed by atoms with van der Waals surface area (Å²) in [6, 6.07) is 30.9. The Morgan fingerprint density at radius 1 is 0.759 bits per heavy atom. The first-order valence-corrected chi connectivity index (χ1v) is 10.2. The fourth-order valence-corrected chi connectivity index (χ4v) is 4.69. The van der Waals surface area contributed by atoms with Gasteiger partial charge in [-0.1, -0.05) is 66.7 Å². The van der Waals surface area contributed by atoms with Crippen molar-refractivity contribution in [2.75, 3.05) is 0 Å². The van der Waals surface area contributed by atoms with Crippen LogP contribution in [-0.4, -0.2) is 4.57 Å². The molecule has 4 aromatic carbocycles. The van der Waals surface area contributed by atoms with Gasteiger partial charge < -0.3 is 4.57 Å². The van der Waals surface area contributed by atoms with E-state index in [4.69, 9.17) is 0 Å². The molecule has 0 aliphatic heterocycles. The van der Waals surface area contributed by atoms with Gasteiger partial charge in [0.05, 0.1) is 5.52 Å². The van der Waals surface area contributed by atoms with Crippen molar-refractivity contribution in [2.45, 2.75) is 13.3 Å². The minimum absolute atomic E-state index is 0.982. The van der Waals surface area contributed by atoms with Crippen LogP contribution in [0.25, 0.3) is 39.0 Å². The molecule has 0 spiro atoms. The number of hydrogen-bond acceptors (Lipinski definition) is 0. The molecule has 138 valence electrons. The standard InChI is InChI=1S/C28H21N/c1-19-10-13-26(27-8-4-3-7-25(19)27)23-16-21-11-12-24(18-22(21)17-23)29-15-14-20-6-2-5-9-28(20)29/h2-16,18H,17H2,1H3. The van der Waals surface area contributed by atoms with Crippen LogP contribution in [0.15, 0.2) is 91.1 Å². The smallest absolute Gasteiger partial charge is 0.0528 e. The lowest BCUT2D eigenvalue weighted by Crippen LogP contribution is -1.94. The molecule has 1 aliphatic carbocycles. The van der Waals surface area contributed by atoms with E-state index in [9.17, 15) is 0 Å². The molecule has 1 heterocycles. The van der Waals surface area contributed by atoms with Crippen LogP contribution in [0.4, 0.5) is 0 Å². The van der Waals surface area contributed by atoms with Gasteiger partial charge in [-0.25, -0.2) is 0 Å². The topological polar surface area (TPSA) is 4.93 Å². The minimum atomic E-state index is 0.982. The van der Waals surface area contributed by atoms with E-state index in [1.165, 1.54) is 55.2 Å². The molecule has 0 N–H and O–H groups in total. The molecule has 29 heavy (non-hydrogen) atoms. The van der Waals surface area contributed by atoms with Gasteiger partial charge in [0.25, 0.3) is 0 Å². The molecule has 0 radical (unpaired) electrons. The van der Waals surface area contributed by atoms with E-state index in [1.54, 1.807) is 0 Å². The number of aryl methyl sites for hydroxylation is 1. The molecule has 1 aromatic heterocycles. The molecular formula is C28H21N. The predicted octanol–water partition coefficient (Wildman–Crippen LogP) is 7.19. The van der Waals surface area contributed by atoms with E-state index < -0.39 is 0 Å². The van der Waals surface area contributed by atoms with Crippen molar-refractivity contribution < 1.29 is 0 Å². The zero-order valence-electron chi connectivity index (χ0n) is 16.4. The zero-order valence-corrected chi connectivity index (χ0v) is 16.4. The van der Waals surface area contributed by atoms with Crippen molar-refractivity contribution in [3.8, 4) is 5.69 Å². The van der Waals surface area contributed by atoms with Crippen LogP contribution in [0.5, 0.6) is 0 Å². The summed E-state index contributed by atoms with van der Waals surface area (Å²) in [6.07, 6.45) is 5.52. The first kappa shape index (κ1) is 16.4. The van der Waals surface area contributed by atoms with Crippen LogP contribution in [0.2, 0.25) is 0 Å². The third kappa shape index (κ3) is 2.55. The monoisotopic (exact) mass is 371 g/mol. The van der Waals surface area contributed by atoms with Gasteiger partial charge >= 0.3 is 0 Å². The summed E-state index contributed by atoms with van der Waals surface area (Å²) in [5.74, 6) is 0.